The quantitative estimate of drug-likeness (QED) is 0.814. The molecule has 0 aromatic heterocycles. The summed E-state index contributed by atoms with van der Waals surface area (Å²) in [6.45, 7) is 2.79. The first-order valence-corrected chi connectivity index (χ1v) is 8.02. The van der Waals surface area contributed by atoms with E-state index in [0.29, 0.717) is 25.8 Å². The lowest BCUT2D eigenvalue weighted by Crippen LogP contribution is -2.40. The van der Waals surface area contributed by atoms with Crippen molar-refractivity contribution in [2.75, 3.05) is 19.7 Å². The van der Waals surface area contributed by atoms with Crippen LogP contribution in [0.25, 0.3) is 0 Å². The van der Waals surface area contributed by atoms with Crippen molar-refractivity contribution in [3.8, 4) is 0 Å². The molecule has 4 heteroatoms. The van der Waals surface area contributed by atoms with E-state index in [2.05, 4.69) is 22.8 Å². The Hall–Kier alpha value is -1.39. The molecule has 1 saturated carbocycles. The van der Waals surface area contributed by atoms with Gasteiger partial charge >= 0.3 is 0 Å². The Labute approximate surface area is 126 Å². The standard InChI is InChI=1S/C17H24N2O2/c20-17(19-9-10-21-14-6-2-3-7-14)16-12-18-11-13-5-1-4-8-15(13)16/h1,4-5,8,14,16,18H,2-3,6-7,9-12H2,(H,19,20). The zero-order chi connectivity index (χ0) is 14.5. The van der Waals surface area contributed by atoms with E-state index in [0.717, 1.165) is 12.1 Å². The van der Waals surface area contributed by atoms with Crippen LogP contribution < -0.4 is 10.6 Å². The molecule has 0 radical (unpaired) electrons. The summed E-state index contributed by atoms with van der Waals surface area (Å²) in [6.07, 6.45) is 5.32. The fourth-order valence-electron chi connectivity index (χ4n) is 3.31. The van der Waals surface area contributed by atoms with Gasteiger partial charge in [0.15, 0.2) is 0 Å². The summed E-state index contributed by atoms with van der Waals surface area (Å²) in [5.41, 5.74) is 2.39. The van der Waals surface area contributed by atoms with Gasteiger partial charge < -0.3 is 15.4 Å². The number of benzene rings is 1. The molecule has 21 heavy (non-hydrogen) atoms. The van der Waals surface area contributed by atoms with Crippen molar-refractivity contribution in [3.05, 3.63) is 35.4 Å². The van der Waals surface area contributed by atoms with Gasteiger partial charge in [0, 0.05) is 19.6 Å². The summed E-state index contributed by atoms with van der Waals surface area (Å²) < 4.78 is 5.78. The minimum absolute atomic E-state index is 0.0820. The lowest BCUT2D eigenvalue weighted by Gasteiger charge is -2.25. The summed E-state index contributed by atoms with van der Waals surface area (Å²) in [7, 11) is 0. The number of rotatable bonds is 5. The van der Waals surface area contributed by atoms with Crippen LogP contribution >= 0.6 is 0 Å². The van der Waals surface area contributed by atoms with Gasteiger partial charge in [-0.2, -0.15) is 0 Å². The molecular formula is C17H24N2O2. The topological polar surface area (TPSA) is 50.4 Å². The van der Waals surface area contributed by atoms with Gasteiger partial charge in [-0.1, -0.05) is 37.1 Å². The van der Waals surface area contributed by atoms with Gasteiger partial charge in [-0.25, -0.2) is 0 Å². The van der Waals surface area contributed by atoms with Gasteiger partial charge in [0.25, 0.3) is 0 Å². The van der Waals surface area contributed by atoms with Gasteiger partial charge in [0.2, 0.25) is 5.91 Å². The zero-order valence-electron chi connectivity index (χ0n) is 12.4. The average molecular weight is 288 g/mol. The Kier molecular flexibility index (Phi) is 4.88. The highest BCUT2D eigenvalue weighted by Gasteiger charge is 2.25. The molecule has 0 spiro atoms. The van der Waals surface area contributed by atoms with Crippen LogP contribution in [0, 0.1) is 0 Å². The van der Waals surface area contributed by atoms with Gasteiger partial charge in [-0.05, 0) is 24.0 Å². The van der Waals surface area contributed by atoms with Crippen LogP contribution in [0.15, 0.2) is 24.3 Å². The molecule has 1 fully saturated rings. The van der Waals surface area contributed by atoms with E-state index in [9.17, 15) is 4.79 Å². The molecule has 1 aliphatic carbocycles. The van der Waals surface area contributed by atoms with Gasteiger partial charge in [-0.15, -0.1) is 0 Å². The molecule has 1 atom stereocenters. The Morgan fingerprint density at radius 3 is 2.95 bits per heavy atom. The predicted octanol–water partition coefficient (Wildman–Crippen LogP) is 1.95. The van der Waals surface area contributed by atoms with Crippen LogP contribution in [-0.2, 0) is 16.1 Å². The fraction of sp³-hybridized carbons (Fsp3) is 0.588. The van der Waals surface area contributed by atoms with Crippen LogP contribution in [0.1, 0.15) is 42.7 Å². The lowest BCUT2D eigenvalue weighted by molar-refractivity contribution is -0.123. The Bertz CT molecular complexity index is 483. The third-order valence-electron chi connectivity index (χ3n) is 4.47. The normalized spacial score (nSPS) is 22.0. The second kappa shape index (κ2) is 7.05. The lowest BCUT2D eigenvalue weighted by atomic mass is 9.90. The minimum Gasteiger partial charge on any atom is -0.376 e. The number of fused-ring (bicyclic) bond motifs is 1. The first-order valence-electron chi connectivity index (χ1n) is 8.02. The second-order valence-corrected chi connectivity index (χ2v) is 5.95. The molecule has 114 valence electrons. The Morgan fingerprint density at radius 1 is 1.29 bits per heavy atom. The second-order valence-electron chi connectivity index (χ2n) is 5.95. The molecule has 0 bridgehead atoms. The molecule has 2 N–H and O–H groups in total. The van der Waals surface area contributed by atoms with E-state index in [1.54, 1.807) is 0 Å². The van der Waals surface area contributed by atoms with Crippen LogP contribution in [0.5, 0.6) is 0 Å². The van der Waals surface area contributed by atoms with E-state index in [1.165, 1.54) is 31.2 Å². The van der Waals surface area contributed by atoms with Crippen molar-refractivity contribution in [1.29, 1.82) is 0 Å². The molecule has 1 unspecified atom stereocenters. The number of hydrogen-bond donors (Lipinski definition) is 2. The maximum atomic E-state index is 12.4. The van der Waals surface area contributed by atoms with Gasteiger partial charge in [0.1, 0.15) is 0 Å². The van der Waals surface area contributed by atoms with Crippen LogP contribution in [0.3, 0.4) is 0 Å². The van der Waals surface area contributed by atoms with Crippen molar-refractivity contribution < 1.29 is 9.53 Å². The van der Waals surface area contributed by atoms with Crippen molar-refractivity contribution in [2.24, 2.45) is 0 Å². The molecule has 1 amide bonds. The number of carbonyl (C=O) groups is 1. The number of ether oxygens (including phenoxy) is 1. The van der Waals surface area contributed by atoms with Crippen molar-refractivity contribution in [1.82, 2.24) is 10.6 Å². The molecule has 1 heterocycles. The number of hydrogen-bond acceptors (Lipinski definition) is 3. The molecule has 2 aliphatic rings. The fourth-order valence-corrected chi connectivity index (χ4v) is 3.31. The molecule has 0 saturated heterocycles. The molecule has 3 rings (SSSR count). The van der Waals surface area contributed by atoms with E-state index < -0.39 is 0 Å². The summed E-state index contributed by atoms with van der Waals surface area (Å²) in [4.78, 5) is 12.4. The van der Waals surface area contributed by atoms with E-state index >= 15 is 0 Å². The average Bonchev–Trinajstić information content (AvgIpc) is 3.04. The van der Waals surface area contributed by atoms with E-state index in [4.69, 9.17) is 4.74 Å². The number of nitrogens with one attached hydrogen (secondary N) is 2. The highest BCUT2D eigenvalue weighted by molar-refractivity contribution is 5.84. The highest BCUT2D eigenvalue weighted by Crippen LogP contribution is 2.24. The maximum absolute atomic E-state index is 12.4. The third kappa shape index (κ3) is 3.63. The minimum atomic E-state index is -0.0820. The third-order valence-corrected chi connectivity index (χ3v) is 4.47. The van der Waals surface area contributed by atoms with Crippen LogP contribution in [-0.4, -0.2) is 31.7 Å². The molecule has 4 nitrogen and oxygen atoms in total. The van der Waals surface area contributed by atoms with Crippen molar-refractivity contribution in [2.45, 2.75) is 44.2 Å². The number of amides is 1. The Balaban J connectivity index is 1.47. The van der Waals surface area contributed by atoms with Gasteiger partial charge in [0.05, 0.1) is 18.6 Å². The Morgan fingerprint density at radius 2 is 2.10 bits per heavy atom. The maximum Gasteiger partial charge on any atom is 0.228 e. The van der Waals surface area contributed by atoms with E-state index in [-0.39, 0.29) is 11.8 Å². The SMILES string of the molecule is O=C(NCCOC1CCCC1)C1CNCc2ccccc21. The molecular weight excluding hydrogens is 264 g/mol. The van der Waals surface area contributed by atoms with Gasteiger partial charge in [-0.3, -0.25) is 4.79 Å². The summed E-state index contributed by atoms with van der Waals surface area (Å²) in [6, 6.07) is 8.18. The molecule has 1 aromatic rings. The smallest absolute Gasteiger partial charge is 0.228 e. The first kappa shape index (κ1) is 14.5. The molecule has 1 aromatic carbocycles. The first-order chi connectivity index (χ1) is 10.3. The molecule has 1 aliphatic heterocycles. The highest BCUT2D eigenvalue weighted by atomic mass is 16.5. The predicted molar refractivity (Wildman–Crippen MR) is 82.1 cm³/mol. The summed E-state index contributed by atoms with van der Waals surface area (Å²) >= 11 is 0. The van der Waals surface area contributed by atoms with Crippen molar-refractivity contribution >= 4 is 5.91 Å². The van der Waals surface area contributed by atoms with Crippen LogP contribution in [0.2, 0.25) is 0 Å². The number of carbonyl (C=O) groups excluding carboxylic acids is 1. The summed E-state index contributed by atoms with van der Waals surface area (Å²) in [5, 5.41) is 6.33. The summed E-state index contributed by atoms with van der Waals surface area (Å²) in [5.74, 6) is 0.0195. The van der Waals surface area contributed by atoms with Crippen LogP contribution in [0.4, 0.5) is 0 Å². The van der Waals surface area contributed by atoms with E-state index in [1.807, 2.05) is 12.1 Å². The largest absolute Gasteiger partial charge is 0.376 e. The van der Waals surface area contributed by atoms with Crippen molar-refractivity contribution in [3.63, 3.8) is 0 Å². The zero-order valence-corrected chi connectivity index (χ0v) is 12.4. The monoisotopic (exact) mass is 288 g/mol.